The van der Waals surface area contributed by atoms with E-state index in [0.29, 0.717) is 5.15 Å². The fraction of sp³-hybridized carbons (Fsp3) is 0. The molecule has 0 unspecified atom stereocenters. The van der Waals surface area contributed by atoms with Crippen molar-refractivity contribution >= 4 is 17.1 Å². The maximum absolute atomic E-state index is 9.52. The highest BCUT2D eigenvalue weighted by Crippen LogP contribution is 2.27. The van der Waals surface area contributed by atoms with Gasteiger partial charge in [0.15, 0.2) is 5.15 Å². The van der Waals surface area contributed by atoms with Crippen molar-refractivity contribution in [3.05, 3.63) is 53.8 Å². The Morgan fingerprint density at radius 2 is 1.82 bits per heavy atom. The summed E-state index contributed by atoms with van der Waals surface area (Å²) in [6.45, 7) is 0. The predicted octanol–water partition coefficient (Wildman–Crippen LogP) is 3.36. The molecule has 17 heavy (non-hydrogen) atoms. The molecular formula is C13H9ClN2O. The second-order valence-corrected chi connectivity index (χ2v) is 4.09. The summed E-state index contributed by atoms with van der Waals surface area (Å²) in [6.07, 6.45) is 1.61. The molecule has 1 aromatic carbocycles. The van der Waals surface area contributed by atoms with Gasteiger partial charge in [0.05, 0.1) is 11.7 Å². The molecule has 3 nitrogen and oxygen atoms in total. The second kappa shape index (κ2) is 3.79. The largest absolute Gasteiger partial charge is 0.506 e. The van der Waals surface area contributed by atoms with Crippen LogP contribution in [0.3, 0.4) is 0 Å². The third kappa shape index (κ3) is 1.65. The fourth-order valence-corrected chi connectivity index (χ4v) is 2.06. The van der Waals surface area contributed by atoms with Crippen LogP contribution in [0.25, 0.3) is 16.9 Å². The number of halogens is 1. The number of aromatic nitrogens is 2. The lowest BCUT2D eigenvalue weighted by Gasteiger charge is -2.01. The molecule has 0 spiro atoms. The molecule has 0 aliphatic carbocycles. The van der Waals surface area contributed by atoms with Crippen molar-refractivity contribution in [1.82, 2.24) is 9.38 Å². The van der Waals surface area contributed by atoms with Crippen molar-refractivity contribution in [3.8, 4) is 17.1 Å². The zero-order chi connectivity index (χ0) is 11.8. The molecule has 0 atom stereocenters. The molecule has 2 heterocycles. The van der Waals surface area contributed by atoms with E-state index in [2.05, 4.69) is 4.98 Å². The van der Waals surface area contributed by atoms with Crippen molar-refractivity contribution in [2.24, 2.45) is 0 Å². The van der Waals surface area contributed by atoms with Crippen molar-refractivity contribution in [2.45, 2.75) is 0 Å². The van der Waals surface area contributed by atoms with Crippen LogP contribution in [-0.2, 0) is 0 Å². The van der Waals surface area contributed by atoms with Crippen molar-refractivity contribution in [2.75, 3.05) is 0 Å². The van der Waals surface area contributed by atoms with Gasteiger partial charge in [-0.1, -0.05) is 41.9 Å². The molecular weight excluding hydrogens is 236 g/mol. The van der Waals surface area contributed by atoms with Crippen molar-refractivity contribution in [3.63, 3.8) is 0 Å². The molecule has 1 N–H and O–H groups in total. The van der Waals surface area contributed by atoms with Gasteiger partial charge in [0.25, 0.3) is 0 Å². The number of hydrogen-bond acceptors (Lipinski definition) is 2. The molecule has 3 aromatic rings. The Morgan fingerprint density at radius 3 is 2.59 bits per heavy atom. The van der Waals surface area contributed by atoms with E-state index in [1.54, 1.807) is 22.7 Å². The summed E-state index contributed by atoms with van der Waals surface area (Å²) in [5.41, 5.74) is 1.74. The van der Waals surface area contributed by atoms with Gasteiger partial charge in [-0.2, -0.15) is 0 Å². The molecule has 0 bridgehead atoms. The third-order valence-corrected chi connectivity index (χ3v) is 2.89. The number of rotatable bonds is 1. The zero-order valence-corrected chi connectivity index (χ0v) is 9.59. The molecule has 0 fully saturated rings. The number of imidazole rings is 1. The van der Waals surface area contributed by atoms with Gasteiger partial charge < -0.3 is 5.11 Å². The summed E-state index contributed by atoms with van der Waals surface area (Å²) in [7, 11) is 0. The first kappa shape index (κ1) is 10.2. The summed E-state index contributed by atoms with van der Waals surface area (Å²) in [5, 5.41) is 9.95. The van der Waals surface area contributed by atoms with Crippen molar-refractivity contribution in [1.29, 1.82) is 0 Å². The topological polar surface area (TPSA) is 37.5 Å². The van der Waals surface area contributed by atoms with Crippen LogP contribution in [0.5, 0.6) is 5.75 Å². The second-order valence-electron chi connectivity index (χ2n) is 3.73. The first-order chi connectivity index (χ1) is 8.25. The van der Waals surface area contributed by atoms with E-state index >= 15 is 0 Å². The first-order valence-electron chi connectivity index (χ1n) is 5.18. The molecule has 0 aliphatic rings. The van der Waals surface area contributed by atoms with Gasteiger partial charge in [0.1, 0.15) is 11.6 Å². The van der Waals surface area contributed by atoms with E-state index in [1.165, 1.54) is 0 Å². The lowest BCUT2D eigenvalue weighted by atomic mass is 10.2. The number of pyridine rings is 1. The maximum Gasteiger partial charge on any atom is 0.155 e. The van der Waals surface area contributed by atoms with Gasteiger partial charge in [-0.25, -0.2) is 4.98 Å². The number of benzene rings is 1. The minimum Gasteiger partial charge on any atom is -0.506 e. The molecule has 0 radical (unpaired) electrons. The number of fused-ring (bicyclic) bond motifs is 1. The van der Waals surface area contributed by atoms with Gasteiger partial charge in [-0.05, 0) is 12.1 Å². The summed E-state index contributed by atoms with van der Waals surface area (Å²) in [4.78, 5) is 4.32. The lowest BCUT2D eigenvalue weighted by molar-refractivity contribution is 0.472. The quantitative estimate of drug-likeness (QED) is 0.713. The summed E-state index contributed by atoms with van der Waals surface area (Å²) in [5.74, 6) is 0.908. The highest BCUT2D eigenvalue weighted by molar-refractivity contribution is 6.32. The van der Waals surface area contributed by atoms with Gasteiger partial charge in [0.2, 0.25) is 0 Å². The Hall–Kier alpha value is -2.00. The average Bonchev–Trinajstić information content (AvgIpc) is 2.67. The van der Waals surface area contributed by atoms with Gasteiger partial charge in [-0.15, -0.1) is 0 Å². The van der Waals surface area contributed by atoms with Gasteiger partial charge in [0, 0.05) is 5.56 Å². The highest BCUT2D eigenvalue weighted by Gasteiger charge is 2.10. The third-order valence-electron chi connectivity index (χ3n) is 2.61. The Bertz CT molecular complexity index is 676. The summed E-state index contributed by atoms with van der Waals surface area (Å²) in [6, 6.07) is 13.1. The van der Waals surface area contributed by atoms with E-state index in [9.17, 15) is 5.11 Å². The van der Waals surface area contributed by atoms with Crippen LogP contribution in [0.4, 0.5) is 0 Å². The minimum atomic E-state index is 0.184. The summed E-state index contributed by atoms with van der Waals surface area (Å²) >= 11 is 6.07. The van der Waals surface area contributed by atoms with E-state index in [0.717, 1.165) is 16.9 Å². The van der Waals surface area contributed by atoms with Crippen LogP contribution >= 0.6 is 11.6 Å². The van der Waals surface area contributed by atoms with Crippen LogP contribution in [0.1, 0.15) is 0 Å². The Kier molecular flexibility index (Phi) is 2.27. The molecule has 3 rings (SSSR count). The molecule has 0 amide bonds. The fourth-order valence-electron chi connectivity index (χ4n) is 1.83. The molecule has 4 heteroatoms. The van der Waals surface area contributed by atoms with Gasteiger partial charge >= 0.3 is 0 Å². The van der Waals surface area contributed by atoms with Crippen LogP contribution in [0.15, 0.2) is 48.7 Å². The number of nitrogens with zero attached hydrogens (tertiary/aromatic N) is 2. The smallest absolute Gasteiger partial charge is 0.155 e. The van der Waals surface area contributed by atoms with Crippen molar-refractivity contribution < 1.29 is 5.11 Å². The van der Waals surface area contributed by atoms with E-state index in [1.807, 2.05) is 30.3 Å². The molecule has 2 aromatic heterocycles. The van der Waals surface area contributed by atoms with Crippen LogP contribution in [0.2, 0.25) is 5.15 Å². The normalized spacial score (nSPS) is 10.9. The first-order valence-corrected chi connectivity index (χ1v) is 5.55. The molecule has 0 saturated carbocycles. The van der Waals surface area contributed by atoms with E-state index in [-0.39, 0.29) is 5.75 Å². The van der Waals surface area contributed by atoms with Crippen LogP contribution in [-0.4, -0.2) is 14.5 Å². The number of hydrogen-bond donors (Lipinski definition) is 1. The standard InChI is InChI=1S/C13H9ClN2O/c14-12-11-7-6-10(17)8-16(11)13(15-12)9-4-2-1-3-5-9/h1-8,17H. The number of aromatic hydroxyl groups is 1. The van der Waals surface area contributed by atoms with Crippen LogP contribution < -0.4 is 0 Å². The monoisotopic (exact) mass is 244 g/mol. The summed E-state index contributed by atoms with van der Waals surface area (Å²) < 4.78 is 1.78. The van der Waals surface area contributed by atoms with Gasteiger partial charge in [-0.3, -0.25) is 4.40 Å². The maximum atomic E-state index is 9.52. The highest BCUT2D eigenvalue weighted by atomic mass is 35.5. The predicted molar refractivity (Wildman–Crippen MR) is 67.3 cm³/mol. The molecule has 84 valence electrons. The Labute approximate surface area is 103 Å². The van der Waals surface area contributed by atoms with E-state index < -0.39 is 0 Å². The lowest BCUT2D eigenvalue weighted by Crippen LogP contribution is -1.88. The van der Waals surface area contributed by atoms with Crippen LogP contribution in [0, 0.1) is 0 Å². The molecule has 0 saturated heterocycles. The average molecular weight is 245 g/mol. The zero-order valence-electron chi connectivity index (χ0n) is 8.84. The SMILES string of the molecule is Oc1ccc2c(Cl)nc(-c3ccccc3)n2c1. The molecule has 0 aliphatic heterocycles. The minimum absolute atomic E-state index is 0.184. The Morgan fingerprint density at radius 1 is 1.06 bits per heavy atom. The van der Waals surface area contributed by atoms with E-state index in [4.69, 9.17) is 11.6 Å². The Balaban J connectivity index is 2.34.